The van der Waals surface area contributed by atoms with Crippen molar-refractivity contribution in [1.82, 2.24) is 9.78 Å². The average molecular weight is 449 g/mol. The minimum Gasteiger partial charge on any atom is -0.294 e. The van der Waals surface area contributed by atoms with Crippen LogP contribution in [0.2, 0.25) is 0 Å². The van der Waals surface area contributed by atoms with Gasteiger partial charge in [-0.1, -0.05) is 73.7 Å². The Labute approximate surface area is 201 Å². The predicted octanol–water partition coefficient (Wildman–Crippen LogP) is 7.71. The Morgan fingerprint density at radius 3 is 2.35 bits per heavy atom. The second-order valence-electron chi connectivity index (χ2n) is 10.9. The largest absolute Gasteiger partial charge is 0.294 e. The molecule has 6 rings (SSSR count). The number of nitrogens with zero attached hydrogens (tertiary/aromatic N) is 2. The van der Waals surface area contributed by atoms with Gasteiger partial charge in [-0.3, -0.25) is 9.48 Å². The first-order valence-electron chi connectivity index (χ1n) is 12.7. The van der Waals surface area contributed by atoms with Crippen LogP contribution in [0.5, 0.6) is 0 Å². The van der Waals surface area contributed by atoms with Crippen LogP contribution < -0.4 is 0 Å². The maximum atomic E-state index is 13.4. The Hall–Kier alpha value is -3.20. The number of hydrogen-bond donors (Lipinski definition) is 0. The summed E-state index contributed by atoms with van der Waals surface area (Å²) in [7, 11) is 0. The van der Waals surface area contributed by atoms with Crippen molar-refractivity contribution in [3.63, 3.8) is 0 Å². The van der Waals surface area contributed by atoms with Gasteiger partial charge in [-0.25, -0.2) is 0 Å². The number of fused-ring (bicyclic) bond motifs is 1. The Kier molecular flexibility index (Phi) is 5.17. The molecular formula is C31H32N2O. The van der Waals surface area contributed by atoms with Gasteiger partial charge in [0.25, 0.3) is 0 Å². The van der Waals surface area contributed by atoms with Crippen LogP contribution in [-0.2, 0) is 0 Å². The molecule has 34 heavy (non-hydrogen) atoms. The number of Topliss-reactive ketones (excluding diaryl/α,β-unsaturated/α-hetero) is 1. The Morgan fingerprint density at radius 1 is 0.941 bits per heavy atom. The highest BCUT2D eigenvalue weighted by Crippen LogP contribution is 2.61. The molecule has 2 fully saturated rings. The quantitative estimate of drug-likeness (QED) is 0.283. The second kappa shape index (κ2) is 8.23. The fourth-order valence-electron chi connectivity index (χ4n) is 6.78. The molecule has 172 valence electrons. The zero-order valence-electron chi connectivity index (χ0n) is 20.1. The summed E-state index contributed by atoms with van der Waals surface area (Å²) in [6, 6.07) is 25.2. The zero-order chi connectivity index (χ0) is 23.3. The number of hydrogen-bond acceptors (Lipinski definition) is 2. The number of para-hydroxylation sites is 1. The molecular weight excluding hydrogens is 416 g/mol. The van der Waals surface area contributed by atoms with E-state index in [2.05, 4.69) is 68.4 Å². The van der Waals surface area contributed by atoms with Crippen molar-refractivity contribution in [1.29, 1.82) is 0 Å². The molecule has 4 aromatic rings. The van der Waals surface area contributed by atoms with Gasteiger partial charge in [0, 0.05) is 17.4 Å². The summed E-state index contributed by atoms with van der Waals surface area (Å²) in [6.07, 6.45) is 7.77. The molecule has 0 bridgehead atoms. The molecule has 3 nitrogen and oxygen atoms in total. The number of ketones is 1. The molecule has 0 amide bonds. The molecule has 1 aromatic heterocycles. The van der Waals surface area contributed by atoms with Gasteiger partial charge in [0.05, 0.1) is 17.8 Å². The molecule has 1 unspecified atom stereocenters. The molecule has 2 aliphatic rings. The molecule has 0 saturated heterocycles. The van der Waals surface area contributed by atoms with Crippen molar-refractivity contribution >= 4 is 16.7 Å². The normalized spacial score (nSPS) is 24.5. The summed E-state index contributed by atoms with van der Waals surface area (Å²) in [6.45, 7) is 4.51. The van der Waals surface area contributed by atoms with E-state index in [1.165, 1.54) is 42.4 Å². The topological polar surface area (TPSA) is 34.9 Å². The maximum absolute atomic E-state index is 13.4. The van der Waals surface area contributed by atoms with Crippen molar-refractivity contribution in [2.24, 2.45) is 17.3 Å². The van der Waals surface area contributed by atoms with E-state index in [0.717, 1.165) is 22.4 Å². The molecule has 1 heterocycles. The summed E-state index contributed by atoms with van der Waals surface area (Å²) >= 11 is 0. The van der Waals surface area contributed by atoms with E-state index in [1.807, 2.05) is 29.1 Å². The minimum absolute atomic E-state index is 0.0414. The molecule has 1 atom stereocenters. The van der Waals surface area contributed by atoms with E-state index in [9.17, 15) is 4.79 Å². The Morgan fingerprint density at radius 2 is 1.65 bits per heavy atom. The standard InChI is InChI=1S/C31H32N2O/c1-21-16-31(17-21)18-23(19-31)15-29(34)28-10-6-9-27-20-32-33(30(27)28)22(2)24-11-13-26(14-12-24)25-7-4-3-5-8-25/h3-14,20-23H,15-19H2,1-2H3. The van der Waals surface area contributed by atoms with Gasteiger partial charge in [-0.2, -0.15) is 5.10 Å². The van der Waals surface area contributed by atoms with E-state index in [0.29, 0.717) is 17.8 Å². The maximum Gasteiger partial charge on any atom is 0.165 e. The number of carbonyl (C=O) groups excluding carboxylic acids is 1. The average Bonchev–Trinajstić information content (AvgIpc) is 3.26. The third-order valence-electron chi connectivity index (χ3n) is 8.27. The van der Waals surface area contributed by atoms with Gasteiger partial charge in [0.1, 0.15) is 0 Å². The van der Waals surface area contributed by atoms with Gasteiger partial charge in [-0.15, -0.1) is 0 Å². The Bertz CT molecular complexity index is 1320. The molecule has 3 aromatic carbocycles. The monoisotopic (exact) mass is 448 g/mol. The van der Waals surface area contributed by atoms with Crippen molar-refractivity contribution in [2.75, 3.05) is 0 Å². The van der Waals surface area contributed by atoms with Gasteiger partial charge >= 0.3 is 0 Å². The van der Waals surface area contributed by atoms with E-state index in [1.54, 1.807) is 0 Å². The van der Waals surface area contributed by atoms with Crippen molar-refractivity contribution < 1.29 is 4.79 Å². The molecule has 3 heteroatoms. The van der Waals surface area contributed by atoms with Crippen LogP contribution in [0.15, 0.2) is 79.0 Å². The lowest BCUT2D eigenvalue weighted by molar-refractivity contribution is -0.0611. The SMILES string of the molecule is CC1CC2(C1)CC(CC(=O)c1cccc3cnn(C(C)c4ccc(-c5ccccc5)cc4)c13)C2. The second-order valence-corrected chi connectivity index (χ2v) is 10.9. The Balaban J connectivity index is 1.24. The van der Waals surface area contributed by atoms with Crippen LogP contribution in [0.4, 0.5) is 0 Å². The molecule has 0 N–H and O–H groups in total. The highest BCUT2D eigenvalue weighted by Gasteiger charge is 2.51. The van der Waals surface area contributed by atoms with Crippen molar-refractivity contribution in [2.45, 2.75) is 52.0 Å². The van der Waals surface area contributed by atoms with E-state index < -0.39 is 0 Å². The fourth-order valence-corrected chi connectivity index (χ4v) is 6.78. The molecule has 2 saturated carbocycles. The smallest absolute Gasteiger partial charge is 0.165 e. The molecule has 1 spiro atoms. The number of rotatable bonds is 6. The lowest BCUT2D eigenvalue weighted by Crippen LogP contribution is -2.47. The van der Waals surface area contributed by atoms with Crippen LogP contribution >= 0.6 is 0 Å². The van der Waals surface area contributed by atoms with Crippen LogP contribution in [0.25, 0.3) is 22.0 Å². The van der Waals surface area contributed by atoms with Gasteiger partial charge in [-0.05, 0) is 72.6 Å². The zero-order valence-corrected chi connectivity index (χ0v) is 20.1. The van der Waals surface area contributed by atoms with Crippen molar-refractivity contribution in [3.8, 4) is 11.1 Å². The highest BCUT2D eigenvalue weighted by molar-refractivity contribution is 6.07. The first-order valence-corrected chi connectivity index (χ1v) is 12.7. The summed E-state index contributed by atoms with van der Waals surface area (Å²) in [5, 5.41) is 5.77. The highest BCUT2D eigenvalue weighted by atomic mass is 16.1. The first-order chi connectivity index (χ1) is 16.5. The fraction of sp³-hybridized carbons (Fsp3) is 0.355. The van der Waals surface area contributed by atoms with Gasteiger partial charge in [0.2, 0.25) is 0 Å². The summed E-state index contributed by atoms with van der Waals surface area (Å²) < 4.78 is 2.04. The predicted molar refractivity (Wildman–Crippen MR) is 138 cm³/mol. The van der Waals surface area contributed by atoms with E-state index in [-0.39, 0.29) is 11.8 Å². The molecule has 0 radical (unpaired) electrons. The van der Waals surface area contributed by atoms with Gasteiger partial charge < -0.3 is 0 Å². The first kappa shape index (κ1) is 21.3. The van der Waals surface area contributed by atoms with Crippen molar-refractivity contribution in [3.05, 3.63) is 90.1 Å². The number of aromatic nitrogens is 2. The van der Waals surface area contributed by atoms with Crippen LogP contribution in [0.3, 0.4) is 0 Å². The lowest BCUT2D eigenvalue weighted by Gasteiger charge is -2.57. The number of benzene rings is 3. The molecule has 2 aliphatic carbocycles. The lowest BCUT2D eigenvalue weighted by atomic mass is 9.48. The third-order valence-corrected chi connectivity index (χ3v) is 8.27. The summed E-state index contributed by atoms with van der Waals surface area (Å²) in [5.41, 5.74) is 5.99. The summed E-state index contributed by atoms with van der Waals surface area (Å²) in [4.78, 5) is 13.4. The van der Waals surface area contributed by atoms with Crippen LogP contribution in [0, 0.1) is 17.3 Å². The van der Waals surface area contributed by atoms with Gasteiger partial charge in [0.15, 0.2) is 5.78 Å². The van der Waals surface area contributed by atoms with Crippen LogP contribution in [-0.4, -0.2) is 15.6 Å². The number of carbonyl (C=O) groups is 1. The molecule has 0 aliphatic heterocycles. The summed E-state index contributed by atoms with van der Waals surface area (Å²) in [5.74, 6) is 1.70. The van der Waals surface area contributed by atoms with E-state index >= 15 is 0 Å². The van der Waals surface area contributed by atoms with Crippen LogP contribution in [0.1, 0.15) is 67.9 Å². The minimum atomic E-state index is 0.0414. The third kappa shape index (κ3) is 3.68. The van der Waals surface area contributed by atoms with E-state index in [4.69, 9.17) is 5.10 Å².